The first-order valence-corrected chi connectivity index (χ1v) is 6.32. The van der Waals surface area contributed by atoms with E-state index in [0.29, 0.717) is 10.2 Å². The molecule has 0 aliphatic rings. The van der Waals surface area contributed by atoms with Gasteiger partial charge in [-0.15, -0.1) is 0 Å². The number of benzene rings is 1. The van der Waals surface area contributed by atoms with Crippen LogP contribution in [0.15, 0.2) is 48.9 Å². The van der Waals surface area contributed by atoms with E-state index in [-0.39, 0.29) is 0 Å². The summed E-state index contributed by atoms with van der Waals surface area (Å²) < 4.78 is 2.12. The van der Waals surface area contributed by atoms with Crippen molar-refractivity contribution in [2.45, 2.75) is 6.54 Å². The molecule has 0 unspecified atom stereocenters. The Morgan fingerprint density at radius 2 is 1.72 bits per heavy atom. The summed E-state index contributed by atoms with van der Waals surface area (Å²) in [5.41, 5.74) is 1.03. The van der Waals surface area contributed by atoms with Gasteiger partial charge in [0.1, 0.15) is 5.15 Å². The van der Waals surface area contributed by atoms with Crippen LogP contribution in [0.1, 0.15) is 5.56 Å². The molecule has 0 saturated carbocycles. The van der Waals surface area contributed by atoms with E-state index in [1.165, 1.54) is 10.8 Å². The Bertz CT molecular complexity index is 671. The number of fused-ring (bicyclic) bond motifs is 1. The van der Waals surface area contributed by atoms with E-state index in [4.69, 9.17) is 23.2 Å². The Labute approximate surface area is 115 Å². The normalized spacial score (nSPS) is 11.0. The van der Waals surface area contributed by atoms with Gasteiger partial charge in [-0.25, -0.2) is 4.98 Å². The van der Waals surface area contributed by atoms with Crippen molar-refractivity contribution in [3.8, 4) is 0 Å². The van der Waals surface area contributed by atoms with Crippen LogP contribution < -0.4 is 0 Å². The van der Waals surface area contributed by atoms with Gasteiger partial charge in [-0.3, -0.25) is 0 Å². The van der Waals surface area contributed by atoms with E-state index in [1.807, 2.05) is 18.2 Å². The highest BCUT2D eigenvalue weighted by Crippen LogP contribution is 2.21. The van der Waals surface area contributed by atoms with Gasteiger partial charge in [0.25, 0.3) is 0 Å². The first kappa shape index (κ1) is 11.6. The fourth-order valence-electron chi connectivity index (χ4n) is 1.99. The fraction of sp³-hybridized carbons (Fsp3) is 0.0714. The quantitative estimate of drug-likeness (QED) is 0.635. The summed E-state index contributed by atoms with van der Waals surface area (Å²) in [6.07, 6.45) is 5.97. The summed E-state index contributed by atoms with van der Waals surface area (Å²) in [5, 5.41) is 3.29. The Hall–Kier alpha value is -1.51. The maximum absolute atomic E-state index is 5.96. The standard InChI is InChI=1S/C14H10Cl2N2/c15-13-5-10(6-17-14(13)16)7-18-8-11-3-1-2-4-12(11)9-18/h1-6,8-9H,7H2. The average Bonchev–Trinajstić information content (AvgIpc) is 2.76. The minimum Gasteiger partial charge on any atom is -0.349 e. The maximum Gasteiger partial charge on any atom is 0.147 e. The number of halogens is 2. The lowest BCUT2D eigenvalue weighted by Gasteiger charge is -2.03. The predicted molar refractivity (Wildman–Crippen MR) is 75.3 cm³/mol. The van der Waals surface area contributed by atoms with Crippen molar-refractivity contribution in [1.82, 2.24) is 9.55 Å². The van der Waals surface area contributed by atoms with Crippen molar-refractivity contribution in [3.05, 3.63) is 64.7 Å². The molecule has 0 bridgehead atoms. The van der Waals surface area contributed by atoms with E-state index >= 15 is 0 Å². The average molecular weight is 277 g/mol. The van der Waals surface area contributed by atoms with Gasteiger partial charge < -0.3 is 4.57 Å². The molecular weight excluding hydrogens is 267 g/mol. The number of rotatable bonds is 2. The van der Waals surface area contributed by atoms with Crippen LogP contribution >= 0.6 is 23.2 Å². The van der Waals surface area contributed by atoms with E-state index in [0.717, 1.165) is 12.1 Å². The van der Waals surface area contributed by atoms with Gasteiger partial charge in [-0.05, 0) is 22.4 Å². The zero-order chi connectivity index (χ0) is 12.5. The van der Waals surface area contributed by atoms with Crippen LogP contribution in [0, 0.1) is 0 Å². The molecular formula is C14H10Cl2N2. The lowest BCUT2D eigenvalue weighted by Crippen LogP contribution is -1.96. The fourth-order valence-corrected chi connectivity index (χ4v) is 2.28. The summed E-state index contributed by atoms with van der Waals surface area (Å²) in [6, 6.07) is 10.1. The SMILES string of the molecule is Clc1cc(Cn2cc3ccccc3c2)cnc1Cl. The lowest BCUT2D eigenvalue weighted by atomic mass is 10.2. The van der Waals surface area contributed by atoms with Crippen molar-refractivity contribution in [2.24, 2.45) is 0 Å². The van der Waals surface area contributed by atoms with Gasteiger partial charge in [0.05, 0.1) is 5.02 Å². The highest BCUT2D eigenvalue weighted by atomic mass is 35.5. The predicted octanol–water partition coefficient (Wildman–Crippen LogP) is 4.39. The van der Waals surface area contributed by atoms with Gasteiger partial charge in [-0.2, -0.15) is 0 Å². The van der Waals surface area contributed by atoms with Crippen molar-refractivity contribution < 1.29 is 0 Å². The van der Waals surface area contributed by atoms with Crippen molar-refractivity contribution in [2.75, 3.05) is 0 Å². The molecule has 18 heavy (non-hydrogen) atoms. The van der Waals surface area contributed by atoms with Crippen LogP contribution in [-0.2, 0) is 6.54 Å². The molecule has 2 aromatic heterocycles. The molecule has 0 amide bonds. The van der Waals surface area contributed by atoms with Crippen LogP contribution in [-0.4, -0.2) is 9.55 Å². The highest BCUT2D eigenvalue weighted by Gasteiger charge is 2.03. The Kier molecular flexibility index (Phi) is 2.98. The Balaban J connectivity index is 1.93. The smallest absolute Gasteiger partial charge is 0.147 e. The molecule has 0 fully saturated rings. The van der Waals surface area contributed by atoms with Crippen LogP contribution in [0.2, 0.25) is 10.2 Å². The number of aromatic nitrogens is 2. The molecule has 1 aromatic carbocycles. The molecule has 4 heteroatoms. The number of hydrogen-bond acceptors (Lipinski definition) is 1. The molecule has 0 atom stereocenters. The van der Waals surface area contributed by atoms with Crippen LogP contribution in [0.25, 0.3) is 10.8 Å². The summed E-state index contributed by atoms with van der Waals surface area (Å²) in [6.45, 7) is 0.735. The minimum atomic E-state index is 0.345. The van der Waals surface area contributed by atoms with Crippen molar-refractivity contribution in [1.29, 1.82) is 0 Å². The number of nitrogens with zero attached hydrogens (tertiary/aromatic N) is 2. The summed E-state index contributed by atoms with van der Waals surface area (Å²) in [7, 11) is 0. The molecule has 0 aliphatic carbocycles. The second-order valence-corrected chi connectivity index (χ2v) is 4.94. The third-order valence-corrected chi connectivity index (χ3v) is 3.51. The van der Waals surface area contributed by atoms with Crippen LogP contribution in [0.4, 0.5) is 0 Å². The van der Waals surface area contributed by atoms with Gasteiger partial charge in [0.15, 0.2) is 0 Å². The first-order chi connectivity index (χ1) is 8.72. The highest BCUT2D eigenvalue weighted by molar-refractivity contribution is 6.41. The number of hydrogen-bond donors (Lipinski definition) is 0. The largest absolute Gasteiger partial charge is 0.349 e. The van der Waals surface area contributed by atoms with E-state index < -0.39 is 0 Å². The van der Waals surface area contributed by atoms with Gasteiger partial charge in [0.2, 0.25) is 0 Å². The molecule has 90 valence electrons. The second-order valence-electron chi connectivity index (χ2n) is 4.18. The van der Waals surface area contributed by atoms with Gasteiger partial charge in [-0.1, -0.05) is 47.5 Å². The summed E-state index contributed by atoms with van der Waals surface area (Å²) >= 11 is 11.8. The molecule has 0 radical (unpaired) electrons. The third kappa shape index (κ3) is 2.22. The zero-order valence-electron chi connectivity index (χ0n) is 9.48. The third-order valence-electron chi connectivity index (χ3n) is 2.82. The molecule has 2 nitrogen and oxygen atoms in total. The summed E-state index contributed by atoms with van der Waals surface area (Å²) in [4.78, 5) is 4.05. The Morgan fingerprint density at radius 1 is 1.06 bits per heavy atom. The maximum atomic E-state index is 5.96. The van der Waals surface area contributed by atoms with Crippen LogP contribution in [0.3, 0.4) is 0 Å². The van der Waals surface area contributed by atoms with E-state index in [9.17, 15) is 0 Å². The monoisotopic (exact) mass is 276 g/mol. The number of pyridine rings is 1. The second kappa shape index (κ2) is 4.63. The molecule has 2 heterocycles. The van der Waals surface area contributed by atoms with Crippen molar-refractivity contribution >= 4 is 34.0 Å². The first-order valence-electron chi connectivity index (χ1n) is 5.57. The minimum absolute atomic E-state index is 0.345. The Morgan fingerprint density at radius 3 is 2.33 bits per heavy atom. The van der Waals surface area contributed by atoms with E-state index in [2.05, 4.69) is 34.1 Å². The van der Waals surface area contributed by atoms with Crippen LogP contribution in [0.5, 0.6) is 0 Å². The molecule has 0 spiro atoms. The topological polar surface area (TPSA) is 17.8 Å². The molecule has 3 rings (SSSR count). The van der Waals surface area contributed by atoms with Gasteiger partial charge in [0, 0.05) is 25.1 Å². The molecule has 0 saturated heterocycles. The lowest BCUT2D eigenvalue weighted by molar-refractivity contribution is 0.806. The zero-order valence-corrected chi connectivity index (χ0v) is 11.0. The molecule has 3 aromatic rings. The van der Waals surface area contributed by atoms with Gasteiger partial charge >= 0.3 is 0 Å². The molecule has 0 N–H and O–H groups in total. The summed E-state index contributed by atoms with van der Waals surface area (Å²) in [5.74, 6) is 0. The van der Waals surface area contributed by atoms with Crippen molar-refractivity contribution in [3.63, 3.8) is 0 Å². The van der Waals surface area contributed by atoms with E-state index in [1.54, 1.807) is 6.20 Å². The molecule has 0 aliphatic heterocycles.